The number of aliphatic carboxylic acids is 2. The van der Waals surface area contributed by atoms with Crippen LogP contribution in [0.15, 0.2) is 60.7 Å². The fraction of sp³-hybridized carbons (Fsp3) is 0.222. The average Bonchev–Trinajstić information content (AvgIpc) is 2.58. The molecule has 0 saturated heterocycles. The monoisotopic (exact) mass is 422 g/mol. The van der Waals surface area contributed by atoms with E-state index in [1.165, 1.54) is 36.4 Å². The number of benzene rings is 2. The van der Waals surface area contributed by atoms with Crippen molar-refractivity contribution in [2.75, 3.05) is 0 Å². The van der Waals surface area contributed by atoms with Crippen LogP contribution in [0.5, 0.6) is 0 Å². The Hall–Kier alpha value is -0.710. The van der Waals surface area contributed by atoms with Gasteiger partial charge in [-0.3, -0.25) is 4.55 Å². The number of carbonyl (C=O) groups excluding carboxylic acids is 2. The molecule has 0 saturated carbocycles. The molecule has 0 heterocycles. The Labute approximate surface area is 207 Å². The van der Waals surface area contributed by atoms with Crippen molar-refractivity contribution in [1.29, 1.82) is 0 Å². The molecule has 2 aromatic rings. The van der Waals surface area contributed by atoms with E-state index >= 15 is 0 Å². The summed E-state index contributed by atoms with van der Waals surface area (Å²) in [7, 11) is -5.37. The Morgan fingerprint density at radius 1 is 0.893 bits per heavy atom. The van der Waals surface area contributed by atoms with E-state index in [9.17, 15) is 32.8 Å². The summed E-state index contributed by atoms with van der Waals surface area (Å²) in [5.74, 6) is -6.18. The van der Waals surface area contributed by atoms with Crippen LogP contribution in [0.1, 0.15) is 11.1 Å². The molecule has 10 heteroatoms. The maximum atomic E-state index is 12.1. The molecule has 28 heavy (non-hydrogen) atoms. The molecular weight excluding hydrogens is 406 g/mol. The summed E-state index contributed by atoms with van der Waals surface area (Å²) in [6, 6.07) is 15.4. The summed E-state index contributed by atoms with van der Waals surface area (Å²) in [6.45, 7) is 0. The number of rotatable bonds is 8. The fourth-order valence-corrected chi connectivity index (χ4v) is 4.00. The fourth-order valence-electron chi connectivity index (χ4n) is 2.90. The van der Waals surface area contributed by atoms with Gasteiger partial charge in [0.25, 0.3) is 10.1 Å². The molecule has 138 valence electrons. The van der Waals surface area contributed by atoms with Crippen molar-refractivity contribution in [3.8, 4) is 0 Å². The first-order chi connectivity index (χ1) is 12.2. The summed E-state index contributed by atoms with van der Waals surface area (Å²) in [5.41, 5.74) is 0.595. The number of carboxylic acid groups (broad SMARTS) is 2. The summed E-state index contributed by atoms with van der Waals surface area (Å²) in [4.78, 5) is 23.6. The van der Waals surface area contributed by atoms with Gasteiger partial charge >= 0.3 is 59.1 Å². The van der Waals surface area contributed by atoms with Gasteiger partial charge < -0.3 is 19.8 Å². The van der Waals surface area contributed by atoms with Crippen molar-refractivity contribution >= 4 is 22.1 Å². The third kappa shape index (κ3) is 6.14. The molecule has 2 atom stereocenters. The largest absolute Gasteiger partial charge is 1.00 e. The Bertz CT molecular complexity index is 889. The molecule has 7 nitrogen and oxygen atoms in total. The van der Waals surface area contributed by atoms with E-state index in [0.29, 0.717) is 5.56 Å². The van der Waals surface area contributed by atoms with Crippen molar-refractivity contribution in [1.82, 2.24) is 0 Å². The first-order valence-corrected chi connectivity index (χ1v) is 9.09. The van der Waals surface area contributed by atoms with Gasteiger partial charge in [-0.1, -0.05) is 60.7 Å². The number of hydrogen-bond acceptors (Lipinski definition) is 6. The maximum absolute atomic E-state index is 12.1. The molecule has 0 bridgehead atoms. The van der Waals surface area contributed by atoms with Crippen molar-refractivity contribution in [2.45, 2.75) is 17.6 Å². The van der Waals surface area contributed by atoms with Crippen LogP contribution in [0.3, 0.4) is 0 Å². The predicted molar refractivity (Wildman–Crippen MR) is 88.1 cm³/mol. The first kappa shape index (κ1) is 27.3. The van der Waals surface area contributed by atoms with Crippen LogP contribution in [-0.2, 0) is 32.5 Å². The zero-order valence-corrected chi connectivity index (χ0v) is 20.4. The Balaban J connectivity index is 0.00000364. The molecule has 0 aliphatic heterocycles. The molecular formula is C18H16Na2O7S. The van der Waals surface area contributed by atoms with E-state index in [1.807, 2.05) is 0 Å². The molecule has 1 N–H and O–H groups in total. The molecule has 0 aliphatic rings. The van der Waals surface area contributed by atoms with E-state index < -0.39 is 45.6 Å². The standard InChI is InChI=1S/C18H18O7S.2Na/c19-16(20)15(11-13-7-3-1-4-8-13)18(17(21)22,26(23,24)25)12-14-9-5-2-6-10-14;;/h1-10,15H,11-12H2,(H,19,20)(H,21,22)(H,23,24,25);;/q;2*+1/p-2. The first-order valence-electron chi connectivity index (χ1n) is 7.65. The van der Waals surface area contributed by atoms with E-state index in [0.717, 1.165) is 0 Å². The van der Waals surface area contributed by atoms with E-state index in [-0.39, 0.29) is 64.7 Å². The SMILES string of the molecule is O=C([O-])C(Cc1ccccc1)C(Cc1ccccc1)(C(=O)[O-])S(=O)(=O)O.[Na+].[Na+]. The van der Waals surface area contributed by atoms with Crippen molar-refractivity contribution < 1.29 is 91.9 Å². The zero-order chi connectivity index (χ0) is 19.4. The predicted octanol–water partition coefficient (Wildman–Crippen LogP) is -6.78. The van der Waals surface area contributed by atoms with Gasteiger partial charge in [-0.2, -0.15) is 8.42 Å². The van der Waals surface area contributed by atoms with Crippen LogP contribution in [0.4, 0.5) is 0 Å². The van der Waals surface area contributed by atoms with Gasteiger partial charge in [-0.05, 0) is 17.5 Å². The second kappa shape index (κ2) is 11.5. The van der Waals surface area contributed by atoms with E-state index in [4.69, 9.17) is 0 Å². The van der Waals surface area contributed by atoms with Gasteiger partial charge in [0.15, 0.2) is 0 Å². The Morgan fingerprint density at radius 2 is 1.32 bits per heavy atom. The zero-order valence-electron chi connectivity index (χ0n) is 15.6. The van der Waals surface area contributed by atoms with Crippen LogP contribution in [0.25, 0.3) is 0 Å². The Kier molecular flexibility index (Phi) is 11.2. The minimum absolute atomic E-state index is 0. The van der Waals surface area contributed by atoms with Gasteiger partial charge in [0, 0.05) is 18.3 Å². The molecule has 2 rings (SSSR count). The minimum Gasteiger partial charge on any atom is -0.550 e. The third-order valence-corrected chi connectivity index (χ3v) is 5.76. The summed E-state index contributed by atoms with van der Waals surface area (Å²) < 4.78 is 30.8. The average molecular weight is 422 g/mol. The summed E-state index contributed by atoms with van der Waals surface area (Å²) in [6.07, 6.45) is -1.25. The third-order valence-electron chi connectivity index (χ3n) is 4.25. The molecule has 0 amide bonds. The molecule has 0 aromatic heterocycles. The maximum Gasteiger partial charge on any atom is 1.00 e. The number of carbonyl (C=O) groups is 2. The summed E-state index contributed by atoms with van der Waals surface area (Å²) in [5, 5.41) is 23.6. The smallest absolute Gasteiger partial charge is 0.550 e. The van der Waals surface area contributed by atoms with Crippen LogP contribution in [0, 0.1) is 5.92 Å². The molecule has 0 aliphatic carbocycles. The summed E-state index contributed by atoms with van der Waals surface area (Å²) >= 11 is 0. The van der Waals surface area contributed by atoms with Crippen molar-refractivity contribution in [3.63, 3.8) is 0 Å². The van der Waals surface area contributed by atoms with Gasteiger partial charge in [0.05, 0.1) is 5.97 Å². The van der Waals surface area contributed by atoms with E-state index in [2.05, 4.69) is 0 Å². The number of hydrogen-bond donors (Lipinski definition) is 1. The van der Waals surface area contributed by atoms with Crippen LogP contribution < -0.4 is 69.3 Å². The second-order valence-corrected chi connectivity index (χ2v) is 7.55. The topological polar surface area (TPSA) is 135 Å². The van der Waals surface area contributed by atoms with Gasteiger partial charge in [0.2, 0.25) is 0 Å². The van der Waals surface area contributed by atoms with Crippen LogP contribution in [-0.4, -0.2) is 29.7 Å². The minimum atomic E-state index is -5.37. The Morgan fingerprint density at radius 3 is 1.68 bits per heavy atom. The van der Waals surface area contributed by atoms with E-state index in [1.54, 1.807) is 24.3 Å². The van der Waals surface area contributed by atoms with Crippen molar-refractivity contribution in [2.24, 2.45) is 5.92 Å². The molecule has 2 aromatic carbocycles. The van der Waals surface area contributed by atoms with Crippen LogP contribution in [0.2, 0.25) is 0 Å². The quantitative estimate of drug-likeness (QED) is 0.330. The molecule has 0 radical (unpaired) electrons. The van der Waals surface area contributed by atoms with Crippen molar-refractivity contribution in [3.05, 3.63) is 71.8 Å². The van der Waals surface area contributed by atoms with Crippen LogP contribution >= 0.6 is 0 Å². The van der Waals surface area contributed by atoms with Gasteiger partial charge in [0.1, 0.15) is 4.75 Å². The normalized spacial score (nSPS) is 13.9. The molecule has 0 spiro atoms. The number of carboxylic acids is 2. The second-order valence-electron chi connectivity index (χ2n) is 5.88. The van der Waals surface area contributed by atoms with Gasteiger partial charge in [-0.15, -0.1) is 0 Å². The van der Waals surface area contributed by atoms with Gasteiger partial charge in [-0.25, -0.2) is 0 Å². The molecule has 2 unspecified atom stereocenters. The molecule has 0 fully saturated rings.